The molecule has 3 rings (SSSR count). The standard InChI is InChI=1S/C19H17ClFN5O2/c1-2-4-16-17(24-25-26(16)13-6-3-5-11(20)9-13)19(28)23-12-7-8-15(21)14(10-12)18(22)27/h3,5-10H,2,4H2,1H3,(H2,22,27)(H,23,28). The maximum absolute atomic E-state index is 13.6. The lowest BCUT2D eigenvalue weighted by Crippen LogP contribution is -2.17. The lowest BCUT2D eigenvalue weighted by atomic mass is 10.1. The van der Waals surface area contributed by atoms with E-state index in [1.165, 1.54) is 12.1 Å². The van der Waals surface area contributed by atoms with Crippen LogP contribution in [0.3, 0.4) is 0 Å². The van der Waals surface area contributed by atoms with Gasteiger partial charge in [0.2, 0.25) is 0 Å². The first-order valence-corrected chi connectivity index (χ1v) is 8.89. The van der Waals surface area contributed by atoms with Crippen LogP contribution in [0.15, 0.2) is 42.5 Å². The molecule has 1 heterocycles. The van der Waals surface area contributed by atoms with Crippen molar-refractivity contribution in [2.24, 2.45) is 5.73 Å². The highest BCUT2D eigenvalue weighted by Gasteiger charge is 2.21. The van der Waals surface area contributed by atoms with Gasteiger partial charge in [-0.15, -0.1) is 5.10 Å². The van der Waals surface area contributed by atoms with E-state index in [0.29, 0.717) is 22.8 Å². The first kappa shape index (κ1) is 19.5. The number of carbonyl (C=O) groups excluding carboxylic acids is 2. The van der Waals surface area contributed by atoms with Crippen LogP contribution in [0.5, 0.6) is 0 Å². The summed E-state index contributed by atoms with van der Waals surface area (Å²) in [6.45, 7) is 1.97. The van der Waals surface area contributed by atoms with Crippen LogP contribution in [0.4, 0.5) is 10.1 Å². The molecule has 0 saturated heterocycles. The van der Waals surface area contributed by atoms with E-state index in [1.54, 1.807) is 28.9 Å². The minimum absolute atomic E-state index is 0.131. The van der Waals surface area contributed by atoms with Gasteiger partial charge in [-0.1, -0.05) is 36.2 Å². The molecule has 2 aromatic carbocycles. The van der Waals surface area contributed by atoms with E-state index < -0.39 is 17.6 Å². The van der Waals surface area contributed by atoms with Crippen LogP contribution in [0, 0.1) is 5.82 Å². The molecule has 7 nitrogen and oxygen atoms in total. The molecule has 0 fully saturated rings. The third-order valence-electron chi connectivity index (χ3n) is 4.01. The summed E-state index contributed by atoms with van der Waals surface area (Å²) in [5, 5.41) is 11.2. The molecule has 0 saturated carbocycles. The number of hydrogen-bond donors (Lipinski definition) is 2. The van der Waals surface area contributed by atoms with Crippen molar-refractivity contribution in [3.63, 3.8) is 0 Å². The van der Waals surface area contributed by atoms with E-state index in [9.17, 15) is 14.0 Å². The topological polar surface area (TPSA) is 103 Å². The molecule has 3 aromatic rings. The van der Waals surface area contributed by atoms with Crippen molar-refractivity contribution in [1.82, 2.24) is 15.0 Å². The van der Waals surface area contributed by atoms with E-state index in [-0.39, 0.29) is 16.9 Å². The maximum atomic E-state index is 13.6. The van der Waals surface area contributed by atoms with Crippen molar-refractivity contribution in [3.8, 4) is 5.69 Å². The molecular weight excluding hydrogens is 385 g/mol. The Kier molecular flexibility index (Phi) is 5.70. The molecule has 0 atom stereocenters. The smallest absolute Gasteiger partial charge is 0.278 e. The number of nitrogens with zero attached hydrogens (tertiary/aromatic N) is 3. The highest BCUT2D eigenvalue weighted by atomic mass is 35.5. The van der Waals surface area contributed by atoms with Gasteiger partial charge in [-0.05, 0) is 42.8 Å². The molecule has 0 aliphatic carbocycles. The van der Waals surface area contributed by atoms with Crippen LogP contribution >= 0.6 is 11.6 Å². The number of benzene rings is 2. The summed E-state index contributed by atoms with van der Waals surface area (Å²) >= 11 is 6.04. The van der Waals surface area contributed by atoms with E-state index in [4.69, 9.17) is 17.3 Å². The molecule has 0 spiro atoms. The number of nitrogens with one attached hydrogen (secondary N) is 1. The molecule has 0 radical (unpaired) electrons. The molecule has 0 bridgehead atoms. The average molecular weight is 402 g/mol. The van der Waals surface area contributed by atoms with E-state index >= 15 is 0 Å². The number of rotatable bonds is 6. The van der Waals surface area contributed by atoms with Crippen molar-refractivity contribution < 1.29 is 14.0 Å². The van der Waals surface area contributed by atoms with Gasteiger partial charge in [0.25, 0.3) is 11.8 Å². The van der Waals surface area contributed by atoms with Crippen LogP contribution in [0.2, 0.25) is 5.02 Å². The van der Waals surface area contributed by atoms with Gasteiger partial charge in [-0.3, -0.25) is 9.59 Å². The Hall–Kier alpha value is -3.26. The van der Waals surface area contributed by atoms with E-state index in [2.05, 4.69) is 15.6 Å². The summed E-state index contributed by atoms with van der Waals surface area (Å²) in [6.07, 6.45) is 1.31. The fourth-order valence-electron chi connectivity index (χ4n) is 2.74. The van der Waals surface area contributed by atoms with Gasteiger partial charge in [0.1, 0.15) is 5.82 Å². The normalized spacial score (nSPS) is 10.7. The Morgan fingerprint density at radius 3 is 2.71 bits per heavy atom. The summed E-state index contributed by atoms with van der Waals surface area (Å²) in [4.78, 5) is 24.0. The average Bonchev–Trinajstić information content (AvgIpc) is 3.07. The lowest BCUT2D eigenvalue weighted by molar-refractivity contribution is 0.0992. The van der Waals surface area contributed by atoms with Crippen molar-refractivity contribution in [2.45, 2.75) is 19.8 Å². The number of aromatic nitrogens is 3. The quantitative estimate of drug-likeness (QED) is 0.660. The van der Waals surface area contributed by atoms with Gasteiger partial charge in [0, 0.05) is 10.7 Å². The predicted octanol–water partition coefficient (Wildman–Crippen LogP) is 3.36. The second-order valence-electron chi connectivity index (χ2n) is 6.04. The van der Waals surface area contributed by atoms with E-state index in [1.807, 2.05) is 6.92 Å². The number of primary amides is 1. The number of nitrogens with two attached hydrogens (primary N) is 1. The Morgan fingerprint density at radius 1 is 1.25 bits per heavy atom. The van der Waals surface area contributed by atoms with Gasteiger partial charge in [0.15, 0.2) is 5.69 Å². The zero-order chi connectivity index (χ0) is 20.3. The molecule has 3 N–H and O–H groups in total. The molecule has 28 heavy (non-hydrogen) atoms. The molecule has 1 aromatic heterocycles. The van der Waals surface area contributed by atoms with Crippen molar-refractivity contribution in [3.05, 3.63) is 70.3 Å². The summed E-state index contributed by atoms with van der Waals surface area (Å²) < 4.78 is 15.2. The number of halogens is 2. The second kappa shape index (κ2) is 8.18. The zero-order valence-electron chi connectivity index (χ0n) is 14.9. The van der Waals surface area contributed by atoms with Gasteiger partial charge >= 0.3 is 0 Å². The van der Waals surface area contributed by atoms with Crippen LogP contribution in [-0.4, -0.2) is 26.8 Å². The highest BCUT2D eigenvalue weighted by molar-refractivity contribution is 6.30. The minimum Gasteiger partial charge on any atom is -0.366 e. The van der Waals surface area contributed by atoms with E-state index in [0.717, 1.165) is 12.5 Å². The third kappa shape index (κ3) is 4.01. The Morgan fingerprint density at radius 2 is 2.04 bits per heavy atom. The monoisotopic (exact) mass is 401 g/mol. The van der Waals surface area contributed by atoms with Gasteiger partial charge < -0.3 is 11.1 Å². The van der Waals surface area contributed by atoms with Crippen LogP contribution in [0.25, 0.3) is 5.69 Å². The van der Waals surface area contributed by atoms with Crippen molar-refractivity contribution in [1.29, 1.82) is 0 Å². The largest absolute Gasteiger partial charge is 0.366 e. The predicted molar refractivity (Wildman–Crippen MR) is 103 cm³/mol. The summed E-state index contributed by atoms with van der Waals surface area (Å²) in [7, 11) is 0. The van der Waals surface area contributed by atoms with Gasteiger partial charge in [-0.25, -0.2) is 9.07 Å². The molecule has 2 amide bonds. The number of amides is 2. The van der Waals surface area contributed by atoms with Gasteiger partial charge in [0.05, 0.1) is 16.9 Å². The van der Waals surface area contributed by atoms with Crippen LogP contribution < -0.4 is 11.1 Å². The highest BCUT2D eigenvalue weighted by Crippen LogP contribution is 2.20. The molecule has 0 aliphatic heterocycles. The number of carbonyl (C=O) groups is 2. The lowest BCUT2D eigenvalue weighted by Gasteiger charge is -2.09. The SMILES string of the molecule is CCCc1c(C(=O)Nc2ccc(F)c(C(N)=O)c2)nnn1-c1cccc(Cl)c1. The first-order chi connectivity index (χ1) is 13.4. The Labute approximate surface area is 165 Å². The number of anilines is 1. The van der Waals surface area contributed by atoms with Crippen LogP contribution in [0.1, 0.15) is 39.9 Å². The zero-order valence-corrected chi connectivity index (χ0v) is 15.7. The molecule has 144 valence electrons. The molecular formula is C19H17ClFN5O2. The summed E-state index contributed by atoms with van der Waals surface area (Å²) in [5.74, 6) is -2.21. The molecule has 0 unspecified atom stereocenters. The minimum atomic E-state index is -0.924. The van der Waals surface area contributed by atoms with Crippen molar-refractivity contribution in [2.75, 3.05) is 5.32 Å². The molecule has 0 aliphatic rings. The van der Waals surface area contributed by atoms with Gasteiger partial charge in [-0.2, -0.15) is 0 Å². The summed E-state index contributed by atoms with van der Waals surface area (Å²) in [6, 6.07) is 10.6. The summed E-state index contributed by atoms with van der Waals surface area (Å²) in [5.41, 5.74) is 6.47. The maximum Gasteiger partial charge on any atom is 0.278 e. The fraction of sp³-hybridized carbons (Fsp3) is 0.158. The molecule has 9 heteroatoms. The number of hydrogen-bond acceptors (Lipinski definition) is 4. The van der Waals surface area contributed by atoms with Crippen molar-refractivity contribution >= 4 is 29.1 Å². The Bertz CT molecular complexity index is 1050. The Balaban J connectivity index is 1.94. The fourth-order valence-corrected chi connectivity index (χ4v) is 2.92. The third-order valence-corrected chi connectivity index (χ3v) is 4.24. The first-order valence-electron chi connectivity index (χ1n) is 8.52. The van der Waals surface area contributed by atoms with Crippen LogP contribution in [-0.2, 0) is 6.42 Å². The second-order valence-corrected chi connectivity index (χ2v) is 6.48.